The van der Waals surface area contributed by atoms with Crippen LogP contribution in [0.5, 0.6) is 5.75 Å². The molecule has 0 saturated carbocycles. The van der Waals surface area contributed by atoms with Crippen molar-refractivity contribution in [3.63, 3.8) is 0 Å². The second-order valence-electron chi connectivity index (χ2n) is 5.66. The molecule has 3 rings (SSSR count). The molecule has 0 aliphatic carbocycles. The number of aryl methyl sites for hydroxylation is 1. The lowest BCUT2D eigenvalue weighted by Gasteiger charge is -2.14. The number of fused-ring (bicyclic) bond motifs is 1. The average molecular weight is 308 g/mol. The van der Waals surface area contributed by atoms with Crippen LogP contribution < -0.4 is 5.56 Å². The van der Waals surface area contributed by atoms with Crippen LogP contribution in [0.15, 0.2) is 53.3 Å². The van der Waals surface area contributed by atoms with Crippen LogP contribution in [0.4, 0.5) is 0 Å². The molecule has 0 aliphatic heterocycles. The molecular formula is C19H20N2O2. The van der Waals surface area contributed by atoms with Crippen LogP contribution in [0, 0.1) is 0 Å². The molecular weight excluding hydrogens is 288 g/mol. The Kier molecular flexibility index (Phi) is 4.42. The molecule has 0 atom stereocenters. The summed E-state index contributed by atoms with van der Waals surface area (Å²) in [5, 5.41) is 10.3. The summed E-state index contributed by atoms with van der Waals surface area (Å²) in [5.74, 6) is 0.884. The van der Waals surface area contributed by atoms with Crippen LogP contribution in [-0.4, -0.2) is 14.7 Å². The van der Waals surface area contributed by atoms with E-state index in [1.165, 1.54) is 0 Å². The van der Waals surface area contributed by atoms with Crippen LogP contribution in [-0.2, 0) is 6.42 Å². The number of phenols is 1. The van der Waals surface area contributed by atoms with E-state index in [2.05, 4.69) is 6.92 Å². The van der Waals surface area contributed by atoms with Gasteiger partial charge in [-0.2, -0.15) is 0 Å². The molecule has 1 heterocycles. The highest BCUT2D eigenvalue weighted by molar-refractivity contribution is 5.77. The molecule has 0 fully saturated rings. The number of aromatic nitrogens is 2. The van der Waals surface area contributed by atoms with E-state index < -0.39 is 0 Å². The lowest BCUT2D eigenvalue weighted by atomic mass is 10.1. The van der Waals surface area contributed by atoms with E-state index in [9.17, 15) is 9.90 Å². The number of aromatic hydroxyl groups is 1. The number of phenolic OH excluding ortho intramolecular Hbond substituents is 1. The second-order valence-corrected chi connectivity index (χ2v) is 5.66. The Labute approximate surface area is 135 Å². The lowest BCUT2D eigenvalue weighted by molar-refractivity contribution is 0.475. The third-order valence-corrected chi connectivity index (χ3v) is 3.94. The zero-order valence-corrected chi connectivity index (χ0v) is 13.2. The average Bonchev–Trinajstić information content (AvgIpc) is 2.55. The Morgan fingerprint density at radius 2 is 1.91 bits per heavy atom. The predicted octanol–water partition coefficient (Wildman–Crippen LogP) is 3.82. The summed E-state index contributed by atoms with van der Waals surface area (Å²) < 4.78 is 1.62. The van der Waals surface area contributed by atoms with E-state index in [0.29, 0.717) is 11.1 Å². The fourth-order valence-electron chi connectivity index (χ4n) is 2.78. The van der Waals surface area contributed by atoms with Gasteiger partial charge in [0.25, 0.3) is 5.56 Å². The molecule has 0 spiro atoms. The Bertz CT molecular complexity index is 884. The highest BCUT2D eigenvalue weighted by atomic mass is 16.3. The van der Waals surface area contributed by atoms with Gasteiger partial charge in [0.15, 0.2) is 0 Å². The number of unbranched alkanes of at least 4 members (excludes halogenated alkanes) is 2. The molecule has 0 amide bonds. The van der Waals surface area contributed by atoms with Crippen molar-refractivity contribution < 1.29 is 5.11 Å². The Morgan fingerprint density at radius 3 is 2.70 bits per heavy atom. The zero-order chi connectivity index (χ0) is 16.2. The first-order valence-corrected chi connectivity index (χ1v) is 8.01. The molecule has 0 bridgehead atoms. The smallest absolute Gasteiger partial charge is 0.265 e. The number of benzene rings is 2. The number of hydrogen-bond acceptors (Lipinski definition) is 3. The molecule has 0 radical (unpaired) electrons. The van der Waals surface area contributed by atoms with E-state index in [1.807, 2.05) is 24.3 Å². The van der Waals surface area contributed by atoms with Gasteiger partial charge in [0, 0.05) is 12.5 Å². The highest BCUT2D eigenvalue weighted by Crippen LogP contribution is 2.18. The molecule has 0 unspecified atom stereocenters. The SMILES string of the molecule is CCCCCc1nc2ccccc2c(=O)n1-c1cccc(O)c1. The van der Waals surface area contributed by atoms with E-state index in [0.717, 1.165) is 37.0 Å². The van der Waals surface area contributed by atoms with Crippen molar-refractivity contribution in [2.45, 2.75) is 32.6 Å². The van der Waals surface area contributed by atoms with Gasteiger partial charge in [-0.1, -0.05) is 38.0 Å². The van der Waals surface area contributed by atoms with Crippen LogP contribution >= 0.6 is 0 Å². The zero-order valence-electron chi connectivity index (χ0n) is 13.2. The van der Waals surface area contributed by atoms with Crippen LogP contribution in [0.25, 0.3) is 16.6 Å². The van der Waals surface area contributed by atoms with E-state index in [-0.39, 0.29) is 11.3 Å². The van der Waals surface area contributed by atoms with Gasteiger partial charge in [0.1, 0.15) is 11.6 Å². The topological polar surface area (TPSA) is 55.1 Å². The van der Waals surface area contributed by atoms with E-state index in [1.54, 1.807) is 28.8 Å². The predicted molar refractivity (Wildman–Crippen MR) is 92.2 cm³/mol. The molecule has 23 heavy (non-hydrogen) atoms. The third-order valence-electron chi connectivity index (χ3n) is 3.94. The van der Waals surface area contributed by atoms with Crippen molar-refractivity contribution >= 4 is 10.9 Å². The van der Waals surface area contributed by atoms with Gasteiger partial charge >= 0.3 is 0 Å². The summed E-state index contributed by atoms with van der Waals surface area (Å²) >= 11 is 0. The molecule has 118 valence electrons. The van der Waals surface area contributed by atoms with Crippen LogP contribution in [0.1, 0.15) is 32.0 Å². The number of nitrogens with zero attached hydrogens (tertiary/aromatic N) is 2. The Morgan fingerprint density at radius 1 is 1.09 bits per heavy atom. The minimum absolute atomic E-state index is 0.0901. The van der Waals surface area contributed by atoms with Gasteiger partial charge in [-0.25, -0.2) is 4.98 Å². The van der Waals surface area contributed by atoms with Crippen molar-refractivity contribution in [1.82, 2.24) is 9.55 Å². The first kappa shape index (κ1) is 15.3. The molecule has 1 aromatic heterocycles. The van der Waals surface area contributed by atoms with Gasteiger partial charge in [-0.3, -0.25) is 9.36 Å². The summed E-state index contributed by atoms with van der Waals surface area (Å²) in [5.41, 5.74) is 1.29. The molecule has 4 heteroatoms. The summed E-state index contributed by atoms with van der Waals surface area (Å²) in [6.07, 6.45) is 3.94. The molecule has 4 nitrogen and oxygen atoms in total. The van der Waals surface area contributed by atoms with Crippen molar-refractivity contribution in [2.24, 2.45) is 0 Å². The summed E-state index contributed by atoms with van der Waals surface area (Å²) in [4.78, 5) is 17.6. The molecule has 1 N–H and O–H groups in total. The van der Waals surface area contributed by atoms with Crippen molar-refractivity contribution in [2.75, 3.05) is 0 Å². The van der Waals surface area contributed by atoms with E-state index >= 15 is 0 Å². The highest BCUT2D eigenvalue weighted by Gasteiger charge is 2.12. The minimum atomic E-state index is -0.0901. The van der Waals surface area contributed by atoms with Crippen LogP contribution in [0.2, 0.25) is 0 Å². The van der Waals surface area contributed by atoms with Crippen molar-refractivity contribution in [3.8, 4) is 11.4 Å². The molecule has 0 saturated heterocycles. The molecule has 3 aromatic rings. The quantitative estimate of drug-likeness (QED) is 0.729. The Balaban J connectivity index is 2.21. The van der Waals surface area contributed by atoms with Gasteiger partial charge in [0.05, 0.1) is 16.6 Å². The normalized spacial score (nSPS) is 11.0. The maximum absolute atomic E-state index is 12.9. The van der Waals surface area contributed by atoms with Crippen LogP contribution in [0.3, 0.4) is 0 Å². The monoisotopic (exact) mass is 308 g/mol. The van der Waals surface area contributed by atoms with Crippen molar-refractivity contribution in [1.29, 1.82) is 0 Å². The van der Waals surface area contributed by atoms with Gasteiger partial charge in [-0.05, 0) is 30.7 Å². The first-order chi connectivity index (χ1) is 11.2. The lowest BCUT2D eigenvalue weighted by Crippen LogP contribution is -2.24. The number of para-hydroxylation sites is 1. The second kappa shape index (κ2) is 6.65. The molecule has 0 aliphatic rings. The van der Waals surface area contributed by atoms with Crippen molar-refractivity contribution in [3.05, 3.63) is 64.7 Å². The fourth-order valence-corrected chi connectivity index (χ4v) is 2.78. The van der Waals surface area contributed by atoms with Gasteiger partial charge in [0.2, 0.25) is 0 Å². The number of hydrogen-bond donors (Lipinski definition) is 1. The summed E-state index contributed by atoms with van der Waals surface area (Å²) in [7, 11) is 0. The fraction of sp³-hybridized carbons (Fsp3) is 0.263. The molecule has 2 aromatic carbocycles. The van der Waals surface area contributed by atoms with Gasteiger partial charge in [-0.15, -0.1) is 0 Å². The third kappa shape index (κ3) is 3.11. The summed E-state index contributed by atoms with van der Waals surface area (Å²) in [6, 6.07) is 14.1. The maximum Gasteiger partial charge on any atom is 0.265 e. The Hall–Kier alpha value is -2.62. The summed E-state index contributed by atoms with van der Waals surface area (Å²) in [6.45, 7) is 2.15. The largest absolute Gasteiger partial charge is 0.508 e. The minimum Gasteiger partial charge on any atom is -0.508 e. The number of rotatable bonds is 5. The van der Waals surface area contributed by atoms with Gasteiger partial charge < -0.3 is 5.11 Å². The first-order valence-electron chi connectivity index (χ1n) is 8.01. The van der Waals surface area contributed by atoms with E-state index in [4.69, 9.17) is 4.98 Å². The standard InChI is InChI=1S/C19H20N2O2/c1-2-3-4-12-18-20-17-11-6-5-10-16(17)19(23)21(18)14-8-7-9-15(22)13-14/h5-11,13,22H,2-4,12H2,1H3. The maximum atomic E-state index is 12.9.